The minimum Gasteiger partial charge on any atom is -0.372 e. The van der Waals surface area contributed by atoms with Gasteiger partial charge in [-0.15, -0.1) is 11.3 Å². The zero-order valence-corrected chi connectivity index (χ0v) is 18.8. The number of nitrogens with one attached hydrogen (secondary N) is 1. The van der Waals surface area contributed by atoms with Crippen molar-refractivity contribution >= 4 is 38.8 Å². The summed E-state index contributed by atoms with van der Waals surface area (Å²) >= 11 is 1.35. The normalized spacial score (nSPS) is 13.9. The molecule has 168 valence electrons. The first-order valence-electron chi connectivity index (χ1n) is 11.0. The third-order valence-electron chi connectivity index (χ3n) is 5.90. The van der Waals surface area contributed by atoms with Gasteiger partial charge in [0.25, 0.3) is 5.56 Å². The lowest BCUT2D eigenvalue weighted by atomic mass is 10.1. The van der Waals surface area contributed by atoms with E-state index in [0.29, 0.717) is 21.5 Å². The molecule has 1 fully saturated rings. The first-order chi connectivity index (χ1) is 16.1. The van der Waals surface area contributed by atoms with Crippen molar-refractivity contribution in [2.45, 2.75) is 25.8 Å². The van der Waals surface area contributed by atoms with Crippen LogP contribution in [0.15, 0.2) is 65.0 Å². The molecule has 0 radical (unpaired) electrons. The highest BCUT2D eigenvalue weighted by atomic mass is 32.1. The van der Waals surface area contributed by atoms with Gasteiger partial charge in [0.2, 0.25) is 5.91 Å². The Kier molecular flexibility index (Phi) is 5.92. The van der Waals surface area contributed by atoms with Gasteiger partial charge in [0, 0.05) is 35.4 Å². The Morgan fingerprint density at radius 3 is 2.48 bits per heavy atom. The summed E-state index contributed by atoms with van der Waals surface area (Å²) in [6.07, 6.45) is 5.09. The molecule has 8 heteroatoms. The number of rotatable bonds is 5. The summed E-state index contributed by atoms with van der Waals surface area (Å²) in [7, 11) is 0. The maximum absolute atomic E-state index is 13.3. The van der Waals surface area contributed by atoms with Gasteiger partial charge in [-0.1, -0.05) is 12.1 Å². The van der Waals surface area contributed by atoms with Crippen LogP contribution in [0.25, 0.3) is 21.3 Å². The fourth-order valence-electron chi connectivity index (χ4n) is 4.19. The molecule has 1 aliphatic rings. The molecule has 3 heterocycles. The third kappa shape index (κ3) is 4.52. The van der Waals surface area contributed by atoms with Gasteiger partial charge in [-0.3, -0.25) is 14.2 Å². The van der Waals surface area contributed by atoms with Gasteiger partial charge in [-0.25, -0.2) is 9.37 Å². The van der Waals surface area contributed by atoms with E-state index >= 15 is 0 Å². The standard InChI is InChI=1S/C25H23FN4O2S/c26-18-6-4-17(5-7-18)21-15-33-24-23(21)25(32)30(16-27-24)14-22(31)28-19-8-10-20(11-9-19)29-12-2-1-3-13-29/h4-11,15-16H,1-3,12-14H2,(H,28,31). The molecular formula is C25H23FN4O2S. The fraction of sp³-hybridized carbons (Fsp3) is 0.240. The highest BCUT2D eigenvalue weighted by Gasteiger charge is 2.15. The van der Waals surface area contributed by atoms with E-state index in [2.05, 4.69) is 15.2 Å². The van der Waals surface area contributed by atoms with Crippen LogP contribution in [0.1, 0.15) is 19.3 Å². The van der Waals surface area contributed by atoms with E-state index in [1.807, 2.05) is 29.6 Å². The van der Waals surface area contributed by atoms with Gasteiger partial charge < -0.3 is 10.2 Å². The molecule has 0 saturated carbocycles. The van der Waals surface area contributed by atoms with Gasteiger partial charge in [-0.2, -0.15) is 0 Å². The number of benzene rings is 2. The second-order valence-electron chi connectivity index (χ2n) is 8.16. The molecule has 1 N–H and O–H groups in total. The molecule has 1 aliphatic heterocycles. The van der Waals surface area contributed by atoms with Crippen molar-refractivity contribution in [2.24, 2.45) is 0 Å². The lowest BCUT2D eigenvalue weighted by Crippen LogP contribution is -2.29. The molecule has 0 aliphatic carbocycles. The van der Waals surface area contributed by atoms with E-state index in [1.54, 1.807) is 12.1 Å². The van der Waals surface area contributed by atoms with Crippen LogP contribution in [0.4, 0.5) is 15.8 Å². The van der Waals surface area contributed by atoms with Crippen LogP contribution in [0, 0.1) is 5.82 Å². The lowest BCUT2D eigenvalue weighted by Gasteiger charge is -2.28. The molecule has 5 rings (SSSR count). The van der Waals surface area contributed by atoms with E-state index in [4.69, 9.17) is 0 Å². The van der Waals surface area contributed by atoms with E-state index < -0.39 is 0 Å². The number of carbonyl (C=O) groups is 1. The Morgan fingerprint density at radius 2 is 1.76 bits per heavy atom. The van der Waals surface area contributed by atoms with E-state index in [0.717, 1.165) is 24.3 Å². The molecule has 0 bridgehead atoms. The second kappa shape index (κ2) is 9.15. The summed E-state index contributed by atoms with van der Waals surface area (Å²) < 4.78 is 14.6. The van der Waals surface area contributed by atoms with Crippen LogP contribution in [-0.4, -0.2) is 28.5 Å². The molecule has 2 aromatic carbocycles. The number of carbonyl (C=O) groups excluding carboxylic acids is 1. The van der Waals surface area contributed by atoms with Crippen LogP contribution in [0.5, 0.6) is 0 Å². The highest BCUT2D eigenvalue weighted by molar-refractivity contribution is 7.17. The van der Waals surface area contributed by atoms with Crippen LogP contribution >= 0.6 is 11.3 Å². The monoisotopic (exact) mass is 462 g/mol. The lowest BCUT2D eigenvalue weighted by molar-refractivity contribution is -0.116. The molecule has 0 spiro atoms. The summed E-state index contributed by atoms with van der Waals surface area (Å²) in [5.74, 6) is -0.642. The topological polar surface area (TPSA) is 67.2 Å². The molecule has 0 atom stereocenters. The highest BCUT2D eigenvalue weighted by Crippen LogP contribution is 2.30. The minimum absolute atomic E-state index is 0.144. The number of anilines is 2. The first-order valence-corrected chi connectivity index (χ1v) is 11.8. The molecule has 1 saturated heterocycles. The summed E-state index contributed by atoms with van der Waals surface area (Å²) in [6.45, 7) is 1.98. The van der Waals surface area contributed by atoms with E-state index in [-0.39, 0.29) is 23.8 Å². The van der Waals surface area contributed by atoms with Crippen molar-refractivity contribution in [1.82, 2.24) is 9.55 Å². The van der Waals surface area contributed by atoms with Gasteiger partial charge in [0.15, 0.2) is 0 Å². The number of halogens is 1. The van der Waals surface area contributed by atoms with Crippen molar-refractivity contribution in [3.8, 4) is 11.1 Å². The second-order valence-corrected chi connectivity index (χ2v) is 9.01. The van der Waals surface area contributed by atoms with Crippen molar-refractivity contribution in [2.75, 3.05) is 23.3 Å². The maximum Gasteiger partial charge on any atom is 0.263 e. The Labute approximate surface area is 194 Å². The van der Waals surface area contributed by atoms with Crippen molar-refractivity contribution in [3.63, 3.8) is 0 Å². The Balaban J connectivity index is 1.33. The first kappa shape index (κ1) is 21.3. The van der Waals surface area contributed by atoms with Crippen LogP contribution < -0.4 is 15.8 Å². The number of hydrogen-bond donors (Lipinski definition) is 1. The maximum atomic E-state index is 13.3. The Bertz CT molecular complexity index is 1340. The van der Waals surface area contributed by atoms with Crippen LogP contribution in [0.2, 0.25) is 0 Å². The van der Waals surface area contributed by atoms with Crippen molar-refractivity contribution in [3.05, 3.63) is 76.4 Å². The summed E-state index contributed by atoms with van der Waals surface area (Å²) in [4.78, 5) is 33.1. The summed E-state index contributed by atoms with van der Waals surface area (Å²) in [6, 6.07) is 13.8. The van der Waals surface area contributed by atoms with E-state index in [1.165, 1.54) is 53.6 Å². The summed E-state index contributed by atoms with van der Waals surface area (Å²) in [5, 5.41) is 5.13. The van der Waals surface area contributed by atoms with Crippen molar-refractivity contribution < 1.29 is 9.18 Å². The largest absolute Gasteiger partial charge is 0.372 e. The fourth-order valence-corrected chi connectivity index (χ4v) is 5.09. The smallest absolute Gasteiger partial charge is 0.263 e. The average Bonchev–Trinajstić information content (AvgIpc) is 3.27. The predicted octanol–water partition coefficient (Wildman–Crippen LogP) is 4.89. The minimum atomic E-state index is -0.338. The SMILES string of the molecule is O=C(Cn1cnc2scc(-c3ccc(F)cc3)c2c1=O)Nc1ccc(N2CCCCC2)cc1. The molecule has 4 aromatic rings. The predicted molar refractivity (Wildman–Crippen MR) is 130 cm³/mol. The van der Waals surface area contributed by atoms with Gasteiger partial charge in [-0.05, 0) is 61.2 Å². The number of nitrogens with zero attached hydrogens (tertiary/aromatic N) is 3. The zero-order valence-electron chi connectivity index (χ0n) is 18.0. The average molecular weight is 463 g/mol. The number of piperidine rings is 1. The number of fused-ring (bicyclic) bond motifs is 1. The molecular weight excluding hydrogens is 439 g/mol. The van der Waals surface area contributed by atoms with Crippen LogP contribution in [-0.2, 0) is 11.3 Å². The number of aromatic nitrogens is 2. The number of amides is 1. The van der Waals surface area contributed by atoms with Crippen molar-refractivity contribution in [1.29, 1.82) is 0 Å². The molecule has 1 amide bonds. The van der Waals surface area contributed by atoms with E-state index in [9.17, 15) is 14.0 Å². The molecule has 2 aromatic heterocycles. The third-order valence-corrected chi connectivity index (χ3v) is 6.79. The van der Waals surface area contributed by atoms with Gasteiger partial charge in [0.05, 0.1) is 11.7 Å². The Morgan fingerprint density at radius 1 is 1.03 bits per heavy atom. The number of thiophene rings is 1. The summed E-state index contributed by atoms with van der Waals surface area (Å²) in [5.41, 5.74) is 2.97. The van der Waals surface area contributed by atoms with Crippen LogP contribution in [0.3, 0.4) is 0 Å². The quantitative estimate of drug-likeness (QED) is 0.458. The molecule has 0 unspecified atom stereocenters. The molecule has 33 heavy (non-hydrogen) atoms. The number of hydrogen-bond acceptors (Lipinski definition) is 5. The molecule has 6 nitrogen and oxygen atoms in total. The Hall–Kier alpha value is -3.52. The zero-order chi connectivity index (χ0) is 22.8. The van der Waals surface area contributed by atoms with Gasteiger partial charge >= 0.3 is 0 Å². The van der Waals surface area contributed by atoms with Gasteiger partial charge in [0.1, 0.15) is 17.2 Å².